The smallest absolute Gasteiger partial charge is 0.303 e. The summed E-state index contributed by atoms with van der Waals surface area (Å²) in [7, 11) is 0. The molecule has 27 heavy (non-hydrogen) atoms. The highest BCUT2D eigenvalue weighted by Gasteiger charge is 2.63. The van der Waals surface area contributed by atoms with Crippen molar-refractivity contribution in [1.29, 1.82) is 0 Å². The van der Waals surface area contributed by atoms with Gasteiger partial charge in [0.1, 0.15) is 6.61 Å². The Morgan fingerprint density at radius 3 is 2.56 bits per heavy atom. The predicted octanol–water partition coefficient (Wildman–Crippen LogP) is 4.14. The van der Waals surface area contributed by atoms with Crippen LogP contribution in [0.3, 0.4) is 0 Å². The number of ketones is 1. The van der Waals surface area contributed by atoms with Crippen LogP contribution < -0.4 is 0 Å². The predicted molar refractivity (Wildman–Crippen MR) is 103 cm³/mol. The Morgan fingerprint density at radius 1 is 1.04 bits per heavy atom. The van der Waals surface area contributed by atoms with Crippen molar-refractivity contribution in [3.63, 3.8) is 0 Å². The van der Waals surface area contributed by atoms with Crippen molar-refractivity contribution < 1.29 is 19.4 Å². The molecule has 8 atom stereocenters. The summed E-state index contributed by atoms with van der Waals surface area (Å²) in [5.74, 6) is 1.83. The second kappa shape index (κ2) is 6.86. The number of carbonyl (C=O) groups is 2. The molecule has 0 aliphatic heterocycles. The molecule has 0 bridgehead atoms. The van der Waals surface area contributed by atoms with Crippen LogP contribution in [0.5, 0.6) is 0 Å². The van der Waals surface area contributed by atoms with E-state index in [2.05, 4.69) is 13.8 Å². The van der Waals surface area contributed by atoms with Gasteiger partial charge in [0.15, 0.2) is 5.78 Å². The fraction of sp³-hybridized carbons (Fsp3) is 0.913. The van der Waals surface area contributed by atoms with Gasteiger partial charge >= 0.3 is 5.97 Å². The molecule has 152 valence electrons. The molecule has 4 aliphatic carbocycles. The van der Waals surface area contributed by atoms with Gasteiger partial charge in [-0.2, -0.15) is 0 Å². The second-order valence-electron chi connectivity index (χ2n) is 10.5. The van der Waals surface area contributed by atoms with Crippen LogP contribution in [-0.2, 0) is 14.3 Å². The van der Waals surface area contributed by atoms with Gasteiger partial charge in [-0.25, -0.2) is 0 Å². The molecule has 0 saturated heterocycles. The van der Waals surface area contributed by atoms with Crippen LogP contribution in [0.15, 0.2) is 0 Å². The van der Waals surface area contributed by atoms with Crippen LogP contribution in [0.4, 0.5) is 0 Å². The highest BCUT2D eigenvalue weighted by Crippen LogP contribution is 2.67. The zero-order valence-corrected chi connectivity index (χ0v) is 17.2. The van der Waals surface area contributed by atoms with Gasteiger partial charge in [0.25, 0.3) is 0 Å². The zero-order chi connectivity index (χ0) is 19.4. The minimum absolute atomic E-state index is 0.0541. The summed E-state index contributed by atoms with van der Waals surface area (Å²) in [6.45, 7) is 5.94. The Hall–Kier alpha value is -0.900. The van der Waals surface area contributed by atoms with Gasteiger partial charge in [0.05, 0.1) is 6.10 Å². The SMILES string of the molecule is CC(=O)OCC(=O)C1CCC2C3CCC4CCCCC4(C)C3C(O)CC12C. The molecule has 0 aromatic carbocycles. The number of aliphatic hydroxyl groups is 1. The number of ether oxygens (including phenoxy) is 1. The van der Waals surface area contributed by atoms with E-state index in [0.717, 1.165) is 25.2 Å². The Labute approximate surface area is 163 Å². The lowest BCUT2D eigenvalue weighted by molar-refractivity contribution is -0.172. The highest BCUT2D eigenvalue weighted by atomic mass is 16.5. The molecule has 4 fully saturated rings. The zero-order valence-electron chi connectivity index (χ0n) is 17.2. The summed E-state index contributed by atoms with van der Waals surface area (Å²) in [4.78, 5) is 23.9. The molecule has 0 amide bonds. The molecular weight excluding hydrogens is 340 g/mol. The first kappa shape index (κ1) is 19.4. The molecule has 4 nitrogen and oxygen atoms in total. The number of rotatable bonds is 3. The summed E-state index contributed by atoms with van der Waals surface area (Å²) in [5.41, 5.74) is 0.136. The van der Waals surface area contributed by atoms with Crippen molar-refractivity contribution in [2.24, 2.45) is 40.4 Å². The third-order valence-electron chi connectivity index (χ3n) is 9.32. The monoisotopic (exact) mass is 376 g/mol. The van der Waals surface area contributed by atoms with E-state index in [0.29, 0.717) is 17.8 Å². The van der Waals surface area contributed by atoms with Crippen LogP contribution in [0, 0.1) is 40.4 Å². The number of hydrogen-bond donors (Lipinski definition) is 1. The maximum Gasteiger partial charge on any atom is 0.303 e. The van der Waals surface area contributed by atoms with E-state index in [9.17, 15) is 14.7 Å². The number of hydrogen-bond acceptors (Lipinski definition) is 4. The number of fused-ring (bicyclic) bond motifs is 5. The van der Waals surface area contributed by atoms with Gasteiger partial charge < -0.3 is 9.84 Å². The summed E-state index contributed by atoms with van der Waals surface area (Å²) in [6.07, 6.45) is 10.2. The van der Waals surface area contributed by atoms with Crippen molar-refractivity contribution in [3.05, 3.63) is 0 Å². The molecule has 8 unspecified atom stereocenters. The first-order valence-corrected chi connectivity index (χ1v) is 11.1. The highest BCUT2D eigenvalue weighted by molar-refractivity contribution is 5.85. The van der Waals surface area contributed by atoms with Crippen molar-refractivity contribution in [2.75, 3.05) is 6.61 Å². The third kappa shape index (κ3) is 2.97. The molecule has 0 heterocycles. The molecule has 0 aromatic heterocycles. The number of carbonyl (C=O) groups excluding carboxylic acids is 2. The van der Waals surface area contributed by atoms with Crippen molar-refractivity contribution in [3.8, 4) is 0 Å². The number of Topliss-reactive ketones (excluding diaryl/α,β-unsaturated/α-hetero) is 1. The van der Waals surface area contributed by atoms with Gasteiger partial charge in [-0.05, 0) is 79.4 Å². The summed E-state index contributed by atoms with van der Waals surface area (Å²) < 4.78 is 5.01. The van der Waals surface area contributed by atoms with Crippen LogP contribution in [0.25, 0.3) is 0 Å². The maximum absolute atomic E-state index is 12.8. The quantitative estimate of drug-likeness (QED) is 0.752. The molecule has 0 radical (unpaired) electrons. The molecule has 4 heteroatoms. The van der Waals surface area contributed by atoms with E-state index in [1.54, 1.807) is 0 Å². The average Bonchev–Trinajstić information content (AvgIpc) is 2.95. The van der Waals surface area contributed by atoms with E-state index < -0.39 is 5.97 Å². The fourth-order valence-electron chi connectivity index (χ4n) is 8.22. The topological polar surface area (TPSA) is 63.6 Å². The lowest BCUT2D eigenvalue weighted by Gasteiger charge is -2.62. The van der Waals surface area contributed by atoms with E-state index in [1.165, 1.54) is 45.4 Å². The van der Waals surface area contributed by atoms with Gasteiger partial charge in [0, 0.05) is 12.8 Å². The van der Waals surface area contributed by atoms with E-state index in [1.807, 2.05) is 0 Å². The van der Waals surface area contributed by atoms with Crippen molar-refractivity contribution in [2.45, 2.75) is 84.7 Å². The van der Waals surface area contributed by atoms with Gasteiger partial charge in [-0.15, -0.1) is 0 Å². The first-order chi connectivity index (χ1) is 12.8. The fourth-order valence-corrected chi connectivity index (χ4v) is 8.22. The molecule has 4 saturated carbocycles. The van der Waals surface area contributed by atoms with Crippen LogP contribution in [0.1, 0.15) is 78.6 Å². The maximum atomic E-state index is 12.8. The summed E-state index contributed by atoms with van der Waals surface area (Å²) in [6, 6.07) is 0. The molecule has 4 aliphatic rings. The van der Waals surface area contributed by atoms with Crippen LogP contribution in [-0.4, -0.2) is 29.6 Å². The Balaban J connectivity index is 1.58. The molecule has 0 aromatic rings. The minimum atomic E-state index is -0.393. The van der Waals surface area contributed by atoms with E-state index in [4.69, 9.17) is 4.74 Å². The average molecular weight is 377 g/mol. The van der Waals surface area contributed by atoms with Crippen molar-refractivity contribution in [1.82, 2.24) is 0 Å². The minimum Gasteiger partial charge on any atom is -0.458 e. The van der Waals surface area contributed by atoms with E-state index >= 15 is 0 Å². The standard InChI is InChI=1S/C23H36O4/c1-14(24)27-13-20(26)18-10-9-17-16-8-7-15-6-4-5-11-22(15,2)21(16)19(25)12-23(17,18)3/h15-19,21,25H,4-13H2,1-3H3. The van der Waals surface area contributed by atoms with Crippen molar-refractivity contribution >= 4 is 11.8 Å². The van der Waals surface area contributed by atoms with Crippen LogP contribution in [0.2, 0.25) is 0 Å². The second-order valence-corrected chi connectivity index (χ2v) is 10.5. The number of esters is 1. The Kier molecular flexibility index (Phi) is 4.93. The lowest BCUT2D eigenvalue weighted by atomic mass is 9.44. The summed E-state index contributed by atoms with van der Waals surface area (Å²) >= 11 is 0. The molecule has 0 spiro atoms. The third-order valence-corrected chi connectivity index (χ3v) is 9.32. The summed E-state index contributed by atoms with van der Waals surface area (Å²) in [5, 5.41) is 11.3. The largest absolute Gasteiger partial charge is 0.458 e. The lowest BCUT2D eigenvalue weighted by Crippen LogP contribution is -2.58. The van der Waals surface area contributed by atoms with Crippen LogP contribution >= 0.6 is 0 Å². The van der Waals surface area contributed by atoms with E-state index in [-0.39, 0.29) is 35.2 Å². The van der Waals surface area contributed by atoms with Gasteiger partial charge in [0.2, 0.25) is 0 Å². The molecule has 1 N–H and O–H groups in total. The molecular formula is C23H36O4. The van der Waals surface area contributed by atoms with Gasteiger partial charge in [-0.3, -0.25) is 9.59 Å². The van der Waals surface area contributed by atoms with Gasteiger partial charge in [-0.1, -0.05) is 26.7 Å². The Morgan fingerprint density at radius 2 is 1.81 bits per heavy atom. The normalized spacial score (nSPS) is 48.9. The first-order valence-electron chi connectivity index (χ1n) is 11.1. The molecule has 4 rings (SSSR count). The number of aliphatic hydroxyl groups excluding tert-OH is 1. The Bertz CT molecular complexity index is 615.